The Kier molecular flexibility index (Phi) is 5.52. The van der Waals surface area contributed by atoms with Gasteiger partial charge in [-0.1, -0.05) is 12.1 Å². The van der Waals surface area contributed by atoms with Crippen LogP contribution in [0.1, 0.15) is 25.3 Å². The van der Waals surface area contributed by atoms with Gasteiger partial charge in [0, 0.05) is 23.5 Å². The fraction of sp³-hybridized carbons (Fsp3) is 0.294. The molecule has 0 spiro atoms. The third kappa shape index (κ3) is 3.67. The molecule has 0 amide bonds. The highest BCUT2D eigenvalue weighted by molar-refractivity contribution is 5.93. The molecule has 0 unspecified atom stereocenters. The summed E-state index contributed by atoms with van der Waals surface area (Å²) in [5.74, 6) is -1.46. The molecule has 0 aliphatic carbocycles. The Hall–Kier alpha value is -3.18. The summed E-state index contributed by atoms with van der Waals surface area (Å²) in [5.41, 5.74) is 1.85. The Balaban J connectivity index is 2.59. The van der Waals surface area contributed by atoms with Gasteiger partial charge in [-0.15, -0.1) is 0 Å². The number of hydrogen-bond donors (Lipinski definition) is 2. The zero-order valence-corrected chi connectivity index (χ0v) is 13.8. The number of dihydropyridines is 1. The molecule has 2 N–H and O–H groups in total. The van der Waals surface area contributed by atoms with Crippen LogP contribution in [0.15, 0.2) is 46.8 Å². The molecule has 0 radical (unpaired) electrons. The largest absolute Gasteiger partial charge is 0.460 e. The summed E-state index contributed by atoms with van der Waals surface area (Å²) in [4.78, 5) is 23.0. The SMILES string of the molecule is CC1=C(C#N)[C@@H](c2cccc([N+](=O)[O-])c2)C(C(=O)OCCO)=C(C)N1. The molecule has 2 rings (SSSR count). The minimum absolute atomic E-state index is 0.133. The highest BCUT2D eigenvalue weighted by atomic mass is 16.6. The highest BCUT2D eigenvalue weighted by Gasteiger charge is 2.34. The number of benzene rings is 1. The number of non-ortho nitro benzene ring substituents is 1. The fourth-order valence-electron chi connectivity index (χ4n) is 2.78. The van der Waals surface area contributed by atoms with Gasteiger partial charge in [0.1, 0.15) is 6.61 Å². The summed E-state index contributed by atoms with van der Waals surface area (Å²) in [6.45, 7) is 2.86. The molecule has 1 heterocycles. The summed E-state index contributed by atoms with van der Waals surface area (Å²) >= 11 is 0. The van der Waals surface area contributed by atoms with Gasteiger partial charge >= 0.3 is 5.97 Å². The van der Waals surface area contributed by atoms with E-state index in [1.54, 1.807) is 19.9 Å². The molecule has 1 aliphatic heterocycles. The van der Waals surface area contributed by atoms with Crippen molar-refractivity contribution in [3.8, 4) is 6.07 Å². The summed E-state index contributed by atoms with van der Waals surface area (Å²) in [6, 6.07) is 7.88. The van der Waals surface area contributed by atoms with Crippen LogP contribution in [-0.4, -0.2) is 29.2 Å². The second kappa shape index (κ2) is 7.59. The Morgan fingerprint density at radius 1 is 1.44 bits per heavy atom. The fourth-order valence-corrected chi connectivity index (χ4v) is 2.78. The van der Waals surface area contributed by atoms with Crippen molar-refractivity contribution in [3.63, 3.8) is 0 Å². The number of allylic oxidation sites excluding steroid dienone is 3. The standard InChI is InChI=1S/C17H17N3O5/c1-10-14(9-18)16(12-4-3-5-13(8-12)20(23)24)15(11(2)19-10)17(22)25-7-6-21/h3-5,8,16,19,21H,6-7H2,1-2H3/t16-/m1/s1. The van der Waals surface area contributed by atoms with E-state index in [-0.39, 0.29) is 30.0 Å². The van der Waals surface area contributed by atoms with Crippen molar-refractivity contribution in [3.05, 3.63) is 62.5 Å². The van der Waals surface area contributed by atoms with Gasteiger partial charge in [0.15, 0.2) is 0 Å². The lowest BCUT2D eigenvalue weighted by molar-refractivity contribution is -0.384. The molecule has 0 fully saturated rings. The van der Waals surface area contributed by atoms with Crippen LogP contribution in [0.3, 0.4) is 0 Å². The first kappa shape index (κ1) is 18.2. The van der Waals surface area contributed by atoms with Crippen molar-refractivity contribution < 1.29 is 19.6 Å². The Labute approximate surface area is 144 Å². The first-order valence-electron chi connectivity index (χ1n) is 7.51. The number of aliphatic hydroxyl groups is 1. The number of ether oxygens (including phenoxy) is 1. The molecule has 25 heavy (non-hydrogen) atoms. The minimum Gasteiger partial charge on any atom is -0.460 e. The molecule has 1 aliphatic rings. The van der Waals surface area contributed by atoms with E-state index >= 15 is 0 Å². The second-order valence-electron chi connectivity index (χ2n) is 5.46. The molecule has 1 atom stereocenters. The highest BCUT2D eigenvalue weighted by Crippen LogP contribution is 2.39. The maximum Gasteiger partial charge on any atom is 0.336 e. The van der Waals surface area contributed by atoms with Gasteiger partial charge < -0.3 is 15.2 Å². The maximum absolute atomic E-state index is 12.4. The van der Waals surface area contributed by atoms with E-state index in [1.807, 2.05) is 0 Å². The van der Waals surface area contributed by atoms with Crippen molar-refractivity contribution in [2.24, 2.45) is 0 Å². The summed E-state index contributed by atoms with van der Waals surface area (Å²) in [5, 5.41) is 32.4. The van der Waals surface area contributed by atoms with Crippen LogP contribution in [0.2, 0.25) is 0 Å². The quantitative estimate of drug-likeness (QED) is 0.475. The number of rotatable bonds is 5. The number of aliphatic hydroxyl groups excluding tert-OH is 1. The lowest BCUT2D eigenvalue weighted by atomic mass is 9.81. The van der Waals surface area contributed by atoms with E-state index in [0.29, 0.717) is 17.0 Å². The van der Waals surface area contributed by atoms with E-state index in [9.17, 15) is 20.2 Å². The normalized spacial score (nSPS) is 17.0. The van der Waals surface area contributed by atoms with E-state index in [1.165, 1.54) is 18.2 Å². The number of nitro benzene ring substituents is 1. The number of nitriles is 1. The number of nitrogens with zero attached hydrogens (tertiary/aromatic N) is 2. The number of nitro groups is 1. The molecule has 0 bridgehead atoms. The van der Waals surface area contributed by atoms with Crippen molar-refractivity contribution >= 4 is 11.7 Å². The van der Waals surface area contributed by atoms with Gasteiger partial charge in [0.2, 0.25) is 0 Å². The van der Waals surface area contributed by atoms with Crippen molar-refractivity contribution in [1.82, 2.24) is 5.32 Å². The predicted molar refractivity (Wildman–Crippen MR) is 88.0 cm³/mol. The van der Waals surface area contributed by atoms with Gasteiger partial charge in [-0.05, 0) is 19.4 Å². The van der Waals surface area contributed by atoms with Crippen LogP contribution < -0.4 is 5.32 Å². The Morgan fingerprint density at radius 2 is 2.16 bits per heavy atom. The average molecular weight is 343 g/mol. The number of carbonyl (C=O) groups is 1. The zero-order chi connectivity index (χ0) is 18.6. The first-order chi connectivity index (χ1) is 11.9. The topological polar surface area (TPSA) is 125 Å². The van der Waals surface area contributed by atoms with Crippen molar-refractivity contribution in [2.75, 3.05) is 13.2 Å². The zero-order valence-electron chi connectivity index (χ0n) is 13.8. The van der Waals surface area contributed by atoms with Crippen LogP contribution in [0.5, 0.6) is 0 Å². The summed E-state index contributed by atoms with van der Waals surface area (Å²) in [6.07, 6.45) is 0. The molecule has 130 valence electrons. The molecule has 0 aromatic heterocycles. The van der Waals surface area contributed by atoms with Gasteiger partial charge in [0.25, 0.3) is 5.69 Å². The Morgan fingerprint density at radius 3 is 2.76 bits per heavy atom. The molecule has 8 nitrogen and oxygen atoms in total. The van der Waals surface area contributed by atoms with Gasteiger partial charge in [0.05, 0.1) is 34.7 Å². The van der Waals surface area contributed by atoms with Crippen molar-refractivity contribution in [1.29, 1.82) is 5.26 Å². The van der Waals surface area contributed by atoms with E-state index in [0.717, 1.165) is 0 Å². The minimum atomic E-state index is -0.780. The van der Waals surface area contributed by atoms with Crippen LogP contribution >= 0.6 is 0 Å². The van der Waals surface area contributed by atoms with Gasteiger partial charge in [-0.3, -0.25) is 10.1 Å². The number of esters is 1. The predicted octanol–water partition coefficient (Wildman–Crippen LogP) is 1.89. The van der Waals surface area contributed by atoms with Crippen LogP contribution in [-0.2, 0) is 9.53 Å². The Bertz CT molecular complexity index is 820. The summed E-state index contributed by atoms with van der Waals surface area (Å²) < 4.78 is 5.01. The molecule has 1 aromatic rings. The van der Waals surface area contributed by atoms with Gasteiger partial charge in [-0.2, -0.15) is 5.26 Å². The van der Waals surface area contributed by atoms with Gasteiger partial charge in [-0.25, -0.2) is 4.79 Å². The van der Waals surface area contributed by atoms with E-state index < -0.39 is 16.8 Å². The third-order valence-corrected chi connectivity index (χ3v) is 3.84. The molecular formula is C17H17N3O5. The number of nitrogens with one attached hydrogen (secondary N) is 1. The number of carbonyl (C=O) groups excluding carboxylic acids is 1. The lowest BCUT2D eigenvalue weighted by Gasteiger charge is -2.28. The third-order valence-electron chi connectivity index (χ3n) is 3.84. The molecule has 1 aromatic carbocycles. The van der Waals surface area contributed by atoms with Crippen LogP contribution in [0.4, 0.5) is 5.69 Å². The number of hydrogen-bond acceptors (Lipinski definition) is 7. The van der Waals surface area contributed by atoms with Crippen LogP contribution in [0, 0.1) is 21.4 Å². The lowest BCUT2D eigenvalue weighted by Crippen LogP contribution is -2.29. The average Bonchev–Trinajstić information content (AvgIpc) is 2.59. The van der Waals surface area contributed by atoms with Crippen LogP contribution in [0.25, 0.3) is 0 Å². The molecular weight excluding hydrogens is 326 g/mol. The summed E-state index contributed by atoms with van der Waals surface area (Å²) in [7, 11) is 0. The van der Waals surface area contributed by atoms with E-state index in [4.69, 9.17) is 9.84 Å². The second-order valence-corrected chi connectivity index (χ2v) is 5.46. The first-order valence-corrected chi connectivity index (χ1v) is 7.51. The van der Waals surface area contributed by atoms with E-state index in [2.05, 4.69) is 11.4 Å². The molecule has 0 saturated carbocycles. The molecule has 0 saturated heterocycles. The monoisotopic (exact) mass is 343 g/mol. The van der Waals surface area contributed by atoms with Crippen molar-refractivity contribution in [2.45, 2.75) is 19.8 Å². The molecule has 8 heteroatoms. The maximum atomic E-state index is 12.4. The smallest absolute Gasteiger partial charge is 0.336 e.